The quantitative estimate of drug-likeness (QED) is 0.348. The minimum Gasteiger partial charge on any atom is -0.512 e. The first-order valence-electron chi connectivity index (χ1n) is 4.16. The van der Waals surface area contributed by atoms with Gasteiger partial charge in [-0.3, -0.25) is 4.79 Å². The summed E-state index contributed by atoms with van der Waals surface area (Å²) in [5.41, 5.74) is 4.56. The van der Waals surface area contributed by atoms with Gasteiger partial charge in [-0.05, 0) is 0 Å². The Labute approximate surface area is 83.0 Å². The van der Waals surface area contributed by atoms with Crippen molar-refractivity contribution in [3.8, 4) is 0 Å². The van der Waals surface area contributed by atoms with Crippen LogP contribution in [0.5, 0.6) is 0 Å². The molecule has 14 heavy (non-hydrogen) atoms. The van der Waals surface area contributed by atoms with Crippen molar-refractivity contribution in [3.05, 3.63) is 11.8 Å². The van der Waals surface area contributed by atoms with Crippen LogP contribution in [0.25, 0.3) is 0 Å². The van der Waals surface area contributed by atoms with Crippen molar-refractivity contribution >= 4 is 11.7 Å². The first-order valence-corrected chi connectivity index (χ1v) is 4.16. The van der Waals surface area contributed by atoms with Gasteiger partial charge in [-0.25, -0.2) is 0 Å². The maximum absolute atomic E-state index is 10.5. The summed E-state index contributed by atoms with van der Waals surface area (Å²) < 4.78 is 0. The van der Waals surface area contributed by atoms with Crippen molar-refractivity contribution in [2.45, 2.75) is 20.8 Å². The molecule has 80 valence electrons. The molecule has 0 atom stereocenters. The fraction of sp³-hybridized carbons (Fsp3) is 0.556. The number of nitrogens with two attached hydrogens (primary N) is 1. The average Bonchev–Trinajstić information content (AvgIpc) is 2.02. The minimum atomic E-state index is -0.781. The number of rotatable bonds is 3. The largest absolute Gasteiger partial charge is 0.512 e. The second-order valence-electron chi connectivity index (χ2n) is 3.63. The number of aliphatic imine (C=N–C) groups is 1. The van der Waals surface area contributed by atoms with E-state index in [2.05, 4.69) is 4.99 Å². The summed E-state index contributed by atoms with van der Waals surface area (Å²) in [6, 6.07) is 0. The second kappa shape index (κ2) is 4.76. The molecule has 0 radical (unpaired) electrons. The highest BCUT2D eigenvalue weighted by Crippen LogP contribution is 2.22. The van der Waals surface area contributed by atoms with E-state index in [0.717, 1.165) is 6.08 Å². The first-order chi connectivity index (χ1) is 6.29. The Morgan fingerprint density at radius 3 is 2.43 bits per heavy atom. The van der Waals surface area contributed by atoms with E-state index in [9.17, 15) is 9.90 Å². The normalized spacial score (nSPS) is 14.3. The molecule has 0 bridgehead atoms. The van der Waals surface area contributed by atoms with Crippen molar-refractivity contribution in [2.24, 2.45) is 16.1 Å². The van der Waals surface area contributed by atoms with E-state index in [1.807, 2.05) is 0 Å². The van der Waals surface area contributed by atoms with Gasteiger partial charge in [-0.15, -0.1) is 0 Å². The molecule has 0 aromatic rings. The number of carbonyl (C=O) groups excluding carboxylic acids is 1. The van der Waals surface area contributed by atoms with Crippen LogP contribution in [0.1, 0.15) is 20.8 Å². The Bertz CT molecular complexity index is 280. The predicted octanol–water partition coefficient (Wildman–Crippen LogP) is 0.350. The third-order valence-corrected chi connectivity index (χ3v) is 1.66. The lowest BCUT2D eigenvalue weighted by molar-refractivity contribution is -0.115. The lowest BCUT2D eigenvalue weighted by atomic mass is 9.92. The minimum absolute atomic E-state index is 0.0727. The van der Waals surface area contributed by atoms with Crippen molar-refractivity contribution < 1.29 is 15.0 Å². The van der Waals surface area contributed by atoms with E-state index in [1.165, 1.54) is 6.92 Å². The van der Waals surface area contributed by atoms with E-state index in [0.29, 0.717) is 0 Å². The lowest BCUT2D eigenvalue weighted by Crippen LogP contribution is -2.22. The molecule has 0 spiro atoms. The van der Waals surface area contributed by atoms with E-state index >= 15 is 0 Å². The molecule has 0 saturated heterocycles. The van der Waals surface area contributed by atoms with Crippen LogP contribution >= 0.6 is 0 Å². The SMILES string of the molecule is CC(=O)N=C(N)/C=C(\O)C(C)(C)CO. The van der Waals surface area contributed by atoms with Gasteiger partial charge in [0, 0.05) is 18.4 Å². The number of nitrogens with zero attached hydrogens (tertiary/aromatic N) is 1. The van der Waals surface area contributed by atoms with Gasteiger partial charge in [0.2, 0.25) is 5.91 Å². The highest BCUT2D eigenvalue weighted by Gasteiger charge is 2.21. The molecular weight excluding hydrogens is 184 g/mol. The summed E-state index contributed by atoms with van der Waals surface area (Å²) in [5.74, 6) is -0.618. The van der Waals surface area contributed by atoms with Gasteiger partial charge in [0.15, 0.2) is 0 Å². The zero-order valence-electron chi connectivity index (χ0n) is 8.61. The third-order valence-electron chi connectivity index (χ3n) is 1.66. The highest BCUT2D eigenvalue weighted by molar-refractivity contribution is 5.99. The number of amides is 1. The number of amidine groups is 1. The van der Waals surface area contributed by atoms with Crippen LogP contribution in [0, 0.1) is 5.41 Å². The first kappa shape index (κ1) is 12.6. The number of aliphatic hydroxyl groups is 2. The van der Waals surface area contributed by atoms with Gasteiger partial charge in [-0.2, -0.15) is 4.99 Å². The predicted molar refractivity (Wildman–Crippen MR) is 53.9 cm³/mol. The van der Waals surface area contributed by atoms with Crippen LogP contribution in [0.15, 0.2) is 16.8 Å². The van der Waals surface area contributed by atoms with Crippen LogP contribution in [0.3, 0.4) is 0 Å². The summed E-state index contributed by atoms with van der Waals surface area (Å²) in [6.07, 6.45) is 1.16. The van der Waals surface area contributed by atoms with Gasteiger partial charge in [0.1, 0.15) is 11.6 Å². The zero-order valence-corrected chi connectivity index (χ0v) is 8.61. The maximum atomic E-state index is 10.5. The van der Waals surface area contributed by atoms with Gasteiger partial charge >= 0.3 is 0 Å². The monoisotopic (exact) mass is 200 g/mol. The van der Waals surface area contributed by atoms with Gasteiger partial charge in [0.05, 0.1) is 6.61 Å². The molecule has 5 nitrogen and oxygen atoms in total. The third kappa shape index (κ3) is 4.04. The molecule has 0 aliphatic carbocycles. The maximum Gasteiger partial charge on any atom is 0.244 e. The molecule has 0 aromatic heterocycles. The Kier molecular flexibility index (Phi) is 4.30. The van der Waals surface area contributed by atoms with E-state index < -0.39 is 11.3 Å². The molecule has 4 N–H and O–H groups in total. The number of aliphatic hydroxyl groups excluding tert-OH is 2. The van der Waals surface area contributed by atoms with Crippen LogP contribution in [-0.2, 0) is 4.79 Å². The molecule has 0 aromatic carbocycles. The Morgan fingerprint density at radius 1 is 1.57 bits per heavy atom. The van der Waals surface area contributed by atoms with Gasteiger partial charge in [-0.1, -0.05) is 13.8 Å². The smallest absolute Gasteiger partial charge is 0.244 e. The molecule has 0 saturated carbocycles. The number of hydrogen-bond acceptors (Lipinski definition) is 3. The molecule has 0 fully saturated rings. The Morgan fingerprint density at radius 2 is 2.07 bits per heavy atom. The molecule has 5 heteroatoms. The standard InChI is InChI=1S/C9H16N2O3/c1-6(13)11-8(10)4-7(14)9(2,3)5-12/h4,12,14H,5H2,1-3H3,(H2,10,11,13)/b7-4-. The Hall–Kier alpha value is -1.36. The fourth-order valence-electron chi connectivity index (χ4n) is 0.631. The van der Waals surface area contributed by atoms with Gasteiger partial charge < -0.3 is 15.9 Å². The van der Waals surface area contributed by atoms with Crippen LogP contribution in [0.2, 0.25) is 0 Å². The molecule has 0 unspecified atom stereocenters. The van der Waals surface area contributed by atoms with Crippen LogP contribution < -0.4 is 5.73 Å². The second-order valence-corrected chi connectivity index (χ2v) is 3.63. The lowest BCUT2D eigenvalue weighted by Gasteiger charge is -2.20. The summed E-state index contributed by atoms with van der Waals surface area (Å²) in [7, 11) is 0. The molecule has 1 amide bonds. The van der Waals surface area contributed by atoms with Crippen LogP contribution in [0.4, 0.5) is 0 Å². The van der Waals surface area contributed by atoms with E-state index in [-0.39, 0.29) is 18.2 Å². The van der Waals surface area contributed by atoms with E-state index in [1.54, 1.807) is 13.8 Å². The highest BCUT2D eigenvalue weighted by atomic mass is 16.3. The molecule has 0 rings (SSSR count). The van der Waals surface area contributed by atoms with E-state index in [4.69, 9.17) is 10.8 Å². The summed E-state index contributed by atoms with van der Waals surface area (Å²) in [6.45, 7) is 4.32. The Balaban J connectivity index is 4.76. The molecule has 0 aliphatic rings. The molecular formula is C9H16N2O3. The number of hydrogen-bond donors (Lipinski definition) is 3. The van der Waals surface area contributed by atoms with Crippen LogP contribution in [-0.4, -0.2) is 28.6 Å². The molecule has 0 aliphatic heterocycles. The molecule has 0 heterocycles. The van der Waals surface area contributed by atoms with Crippen molar-refractivity contribution in [1.29, 1.82) is 0 Å². The fourth-order valence-corrected chi connectivity index (χ4v) is 0.631. The zero-order chi connectivity index (χ0) is 11.4. The van der Waals surface area contributed by atoms with Crippen molar-refractivity contribution in [3.63, 3.8) is 0 Å². The van der Waals surface area contributed by atoms with Crippen molar-refractivity contribution in [1.82, 2.24) is 0 Å². The van der Waals surface area contributed by atoms with Gasteiger partial charge in [0.25, 0.3) is 0 Å². The summed E-state index contributed by atoms with van der Waals surface area (Å²) in [4.78, 5) is 13.9. The average molecular weight is 200 g/mol. The summed E-state index contributed by atoms with van der Waals surface area (Å²) in [5, 5.41) is 18.4. The number of carbonyl (C=O) groups is 1. The van der Waals surface area contributed by atoms with Crippen molar-refractivity contribution in [2.75, 3.05) is 6.61 Å². The summed E-state index contributed by atoms with van der Waals surface area (Å²) >= 11 is 0. The topological polar surface area (TPSA) is 95.9 Å².